The fourth-order valence-corrected chi connectivity index (χ4v) is 5.04. The molecule has 6 heteroatoms. The Hall–Kier alpha value is -3.80. The summed E-state index contributed by atoms with van der Waals surface area (Å²) in [5, 5.41) is 4.23. The zero-order chi connectivity index (χ0) is 24.0. The van der Waals surface area contributed by atoms with Crippen LogP contribution in [0.4, 0.5) is 0 Å². The summed E-state index contributed by atoms with van der Waals surface area (Å²) in [5.41, 5.74) is 2.86. The third-order valence-corrected chi connectivity index (χ3v) is 6.86. The second kappa shape index (κ2) is 10.6. The van der Waals surface area contributed by atoms with Crippen LogP contribution in [0.3, 0.4) is 0 Å². The van der Waals surface area contributed by atoms with Crippen molar-refractivity contribution in [2.45, 2.75) is 57.2 Å². The number of carbonyl (C=O) groups excluding carboxylic acids is 2. The van der Waals surface area contributed by atoms with Crippen molar-refractivity contribution in [2.75, 3.05) is 0 Å². The van der Waals surface area contributed by atoms with E-state index >= 15 is 0 Å². The van der Waals surface area contributed by atoms with Crippen molar-refractivity contribution in [2.24, 2.45) is 0 Å². The summed E-state index contributed by atoms with van der Waals surface area (Å²) in [6.45, 7) is 0.311. The number of H-pyrrole nitrogens is 1. The van der Waals surface area contributed by atoms with E-state index in [9.17, 15) is 9.59 Å². The summed E-state index contributed by atoms with van der Waals surface area (Å²) in [6, 6.07) is 20.6. The molecule has 35 heavy (non-hydrogen) atoms. The number of nitrogens with one attached hydrogen (secondary N) is 2. The van der Waals surface area contributed by atoms with E-state index in [0.717, 1.165) is 47.7 Å². The Labute approximate surface area is 205 Å². The molecule has 1 saturated carbocycles. The highest BCUT2D eigenvalue weighted by molar-refractivity contribution is 5.92. The van der Waals surface area contributed by atoms with Crippen LogP contribution in [0.5, 0.6) is 0 Å². The molecule has 0 unspecified atom stereocenters. The normalized spacial score (nSPS) is 15.1. The van der Waals surface area contributed by atoms with Crippen molar-refractivity contribution >= 4 is 22.7 Å². The average molecular weight is 470 g/mol. The number of hydrogen-bond donors (Lipinski definition) is 2. The molecule has 0 spiro atoms. The lowest BCUT2D eigenvalue weighted by molar-refractivity contribution is -0.142. The lowest BCUT2D eigenvalue weighted by Gasteiger charge is -2.32. The Morgan fingerprint density at radius 1 is 0.971 bits per heavy atom. The zero-order valence-electron chi connectivity index (χ0n) is 19.8. The van der Waals surface area contributed by atoms with Crippen LogP contribution in [-0.4, -0.2) is 27.7 Å². The predicted octanol–water partition coefficient (Wildman–Crippen LogP) is 5.52. The van der Waals surface area contributed by atoms with E-state index in [4.69, 9.17) is 4.42 Å². The highest BCUT2D eigenvalue weighted by Crippen LogP contribution is 2.28. The molecule has 2 aromatic heterocycles. The number of furan rings is 1. The third-order valence-electron chi connectivity index (χ3n) is 6.86. The first kappa shape index (κ1) is 23.0. The topological polar surface area (TPSA) is 78.3 Å². The van der Waals surface area contributed by atoms with Gasteiger partial charge in [0.05, 0.1) is 12.7 Å². The first-order valence-electron chi connectivity index (χ1n) is 12.4. The third kappa shape index (κ3) is 5.32. The summed E-state index contributed by atoms with van der Waals surface area (Å²) >= 11 is 0. The van der Waals surface area contributed by atoms with Gasteiger partial charge in [-0.2, -0.15) is 0 Å². The molecule has 4 aromatic rings. The molecular weight excluding hydrogens is 438 g/mol. The van der Waals surface area contributed by atoms with E-state index in [1.807, 2.05) is 60.8 Å². The fourth-order valence-electron chi connectivity index (χ4n) is 5.04. The van der Waals surface area contributed by atoms with E-state index in [-0.39, 0.29) is 24.3 Å². The smallest absolute Gasteiger partial charge is 0.250 e. The standard InChI is InChI=1S/C29H31N3O3/c33-27(18-22-19-30-25-15-8-7-14-24(22)25)32(20-21-10-3-1-4-11-21)28(26-16-9-17-35-26)29(34)31-23-12-5-2-6-13-23/h1,3-4,7-11,14-17,19,23,28,30H,2,5-6,12-13,18,20H2,(H,31,34)/t28-/m0/s1. The van der Waals surface area contributed by atoms with Crippen molar-refractivity contribution in [3.05, 3.63) is 96.1 Å². The molecule has 1 fully saturated rings. The van der Waals surface area contributed by atoms with Crippen LogP contribution in [0.25, 0.3) is 10.9 Å². The quantitative estimate of drug-likeness (QED) is 0.357. The number of hydrogen-bond acceptors (Lipinski definition) is 3. The summed E-state index contributed by atoms with van der Waals surface area (Å²) in [6.07, 6.45) is 9.00. The molecule has 2 heterocycles. The lowest BCUT2D eigenvalue weighted by atomic mass is 9.95. The average Bonchev–Trinajstić information content (AvgIpc) is 3.56. The van der Waals surface area contributed by atoms with Gasteiger partial charge in [0, 0.05) is 29.7 Å². The number of aromatic amines is 1. The molecule has 5 rings (SSSR count). The summed E-state index contributed by atoms with van der Waals surface area (Å²) < 4.78 is 5.72. The Kier molecular flexibility index (Phi) is 6.98. The minimum absolute atomic E-state index is 0.126. The van der Waals surface area contributed by atoms with Gasteiger partial charge in [-0.05, 0) is 42.2 Å². The molecule has 180 valence electrons. The maximum absolute atomic E-state index is 13.9. The van der Waals surface area contributed by atoms with Gasteiger partial charge in [0.25, 0.3) is 5.91 Å². The van der Waals surface area contributed by atoms with Crippen molar-refractivity contribution in [3.63, 3.8) is 0 Å². The molecule has 0 aliphatic heterocycles. The van der Waals surface area contributed by atoms with Crippen molar-refractivity contribution < 1.29 is 14.0 Å². The van der Waals surface area contributed by atoms with Crippen molar-refractivity contribution in [1.29, 1.82) is 0 Å². The molecule has 1 atom stereocenters. The van der Waals surface area contributed by atoms with E-state index in [1.54, 1.807) is 23.3 Å². The number of carbonyl (C=O) groups is 2. The van der Waals surface area contributed by atoms with E-state index in [2.05, 4.69) is 10.3 Å². The van der Waals surface area contributed by atoms with Crippen LogP contribution in [0.15, 0.2) is 83.6 Å². The minimum atomic E-state index is -0.843. The van der Waals surface area contributed by atoms with Crippen LogP contribution >= 0.6 is 0 Å². The number of benzene rings is 2. The van der Waals surface area contributed by atoms with E-state index in [0.29, 0.717) is 12.3 Å². The largest absolute Gasteiger partial charge is 0.467 e. The van der Waals surface area contributed by atoms with Gasteiger partial charge >= 0.3 is 0 Å². The van der Waals surface area contributed by atoms with Gasteiger partial charge in [0.1, 0.15) is 5.76 Å². The first-order chi connectivity index (χ1) is 17.2. The second-order valence-electron chi connectivity index (χ2n) is 9.30. The number of fused-ring (bicyclic) bond motifs is 1. The molecule has 1 aliphatic carbocycles. The predicted molar refractivity (Wildman–Crippen MR) is 135 cm³/mol. The van der Waals surface area contributed by atoms with Crippen LogP contribution in [0, 0.1) is 0 Å². The van der Waals surface area contributed by atoms with Gasteiger partial charge in [-0.15, -0.1) is 0 Å². The number of rotatable bonds is 8. The minimum Gasteiger partial charge on any atom is -0.467 e. The highest BCUT2D eigenvalue weighted by Gasteiger charge is 2.35. The molecular formula is C29H31N3O3. The lowest BCUT2D eigenvalue weighted by Crippen LogP contribution is -2.47. The summed E-state index contributed by atoms with van der Waals surface area (Å²) in [7, 11) is 0. The maximum Gasteiger partial charge on any atom is 0.250 e. The first-order valence-corrected chi connectivity index (χ1v) is 12.4. The van der Waals surface area contributed by atoms with Gasteiger partial charge in [-0.3, -0.25) is 9.59 Å². The fraction of sp³-hybridized carbons (Fsp3) is 0.310. The monoisotopic (exact) mass is 469 g/mol. The molecule has 1 aliphatic rings. The Morgan fingerprint density at radius 2 is 1.74 bits per heavy atom. The Balaban J connectivity index is 1.47. The van der Waals surface area contributed by atoms with Gasteiger partial charge in [-0.25, -0.2) is 0 Å². The molecule has 2 aromatic carbocycles. The molecule has 6 nitrogen and oxygen atoms in total. The van der Waals surface area contributed by atoms with Crippen LogP contribution in [0.2, 0.25) is 0 Å². The van der Waals surface area contributed by atoms with E-state index in [1.165, 1.54) is 6.42 Å². The SMILES string of the molecule is O=C(NC1CCCCC1)[C@H](c1ccco1)N(Cc1ccccc1)C(=O)Cc1c[nH]c2ccccc12. The number of nitrogens with zero attached hydrogens (tertiary/aromatic N) is 1. The molecule has 2 N–H and O–H groups in total. The molecule has 0 saturated heterocycles. The highest BCUT2D eigenvalue weighted by atomic mass is 16.3. The van der Waals surface area contributed by atoms with E-state index < -0.39 is 6.04 Å². The van der Waals surface area contributed by atoms with Crippen molar-refractivity contribution in [3.8, 4) is 0 Å². The Bertz CT molecular complexity index is 1260. The van der Waals surface area contributed by atoms with Crippen molar-refractivity contribution in [1.82, 2.24) is 15.2 Å². The number of amides is 2. The molecule has 2 amide bonds. The second-order valence-corrected chi connectivity index (χ2v) is 9.30. The van der Waals surface area contributed by atoms with Crippen LogP contribution < -0.4 is 5.32 Å². The van der Waals surface area contributed by atoms with Gasteiger partial charge < -0.3 is 19.6 Å². The van der Waals surface area contributed by atoms with Gasteiger partial charge in [0.2, 0.25) is 5.91 Å². The zero-order valence-corrected chi connectivity index (χ0v) is 19.8. The Morgan fingerprint density at radius 3 is 2.51 bits per heavy atom. The molecule has 0 bridgehead atoms. The number of aromatic nitrogens is 1. The molecule has 0 radical (unpaired) electrons. The van der Waals surface area contributed by atoms with Crippen LogP contribution in [-0.2, 0) is 22.6 Å². The maximum atomic E-state index is 13.9. The van der Waals surface area contributed by atoms with Gasteiger partial charge in [-0.1, -0.05) is 67.8 Å². The number of para-hydroxylation sites is 1. The summed E-state index contributed by atoms with van der Waals surface area (Å²) in [5.74, 6) is 0.162. The summed E-state index contributed by atoms with van der Waals surface area (Å²) in [4.78, 5) is 32.5. The van der Waals surface area contributed by atoms with Gasteiger partial charge in [0.15, 0.2) is 6.04 Å². The van der Waals surface area contributed by atoms with Crippen LogP contribution in [0.1, 0.15) is 55.0 Å².